The Morgan fingerprint density at radius 3 is 2.45 bits per heavy atom. The van der Waals surface area contributed by atoms with Crippen LogP contribution in [0.3, 0.4) is 0 Å². The summed E-state index contributed by atoms with van der Waals surface area (Å²) in [6.07, 6.45) is 1.70. The molecule has 4 rings (SSSR count). The zero-order chi connectivity index (χ0) is 20.4. The SMILES string of the molecule is Cn1c(-c2ccccc2Cl)nn(CN2CCC(C(=O)c3ccccc3)CC2)c1=S. The molecular formula is C22H23ClN4OS. The highest BCUT2D eigenvalue weighted by Gasteiger charge is 2.26. The summed E-state index contributed by atoms with van der Waals surface area (Å²) in [4.78, 5) is 15.0. The molecule has 0 aliphatic carbocycles. The third kappa shape index (κ3) is 4.20. The average Bonchev–Trinajstić information content (AvgIpc) is 3.03. The number of halogens is 1. The molecule has 0 amide bonds. The number of hydrogen-bond donors (Lipinski definition) is 0. The Labute approximate surface area is 180 Å². The minimum Gasteiger partial charge on any atom is -0.303 e. The number of hydrogen-bond acceptors (Lipinski definition) is 4. The molecular weight excluding hydrogens is 404 g/mol. The van der Waals surface area contributed by atoms with E-state index in [2.05, 4.69) is 4.90 Å². The summed E-state index contributed by atoms with van der Waals surface area (Å²) in [7, 11) is 1.91. The zero-order valence-electron chi connectivity index (χ0n) is 16.3. The van der Waals surface area contributed by atoms with Crippen molar-refractivity contribution in [2.45, 2.75) is 19.5 Å². The topological polar surface area (TPSA) is 43.1 Å². The van der Waals surface area contributed by atoms with Crippen LogP contribution in [0.1, 0.15) is 23.2 Å². The van der Waals surface area contributed by atoms with Gasteiger partial charge in [0.1, 0.15) is 0 Å². The van der Waals surface area contributed by atoms with Crippen molar-refractivity contribution in [3.63, 3.8) is 0 Å². The largest absolute Gasteiger partial charge is 0.303 e. The predicted molar refractivity (Wildman–Crippen MR) is 118 cm³/mol. The number of ketones is 1. The number of rotatable bonds is 5. The number of carbonyl (C=O) groups excluding carboxylic acids is 1. The highest BCUT2D eigenvalue weighted by molar-refractivity contribution is 7.71. The van der Waals surface area contributed by atoms with Gasteiger partial charge in [-0.3, -0.25) is 9.69 Å². The number of carbonyl (C=O) groups is 1. The van der Waals surface area contributed by atoms with Gasteiger partial charge in [-0.15, -0.1) is 0 Å². The maximum atomic E-state index is 12.7. The Balaban J connectivity index is 1.44. The molecule has 1 aromatic heterocycles. The number of likely N-dealkylation sites (tertiary alicyclic amines) is 1. The van der Waals surface area contributed by atoms with E-state index < -0.39 is 0 Å². The second-order valence-corrected chi connectivity index (χ2v) is 8.18. The van der Waals surface area contributed by atoms with Crippen LogP contribution in [-0.2, 0) is 13.7 Å². The molecule has 1 aliphatic heterocycles. The standard InChI is InChI=1S/C22H23ClN4OS/c1-25-21(18-9-5-6-10-19(18)23)24-27(22(25)29)15-26-13-11-17(12-14-26)20(28)16-7-3-2-4-8-16/h2-10,17H,11-15H2,1H3. The normalized spacial score (nSPS) is 15.5. The first-order valence-electron chi connectivity index (χ1n) is 9.75. The van der Waals surface area contributed by atoms with Gasteiger partial charge < -0.3 is 4.57 Å². The number of benzene rings is 2. The van der Waals surface area contributed by atoms with E-state index in [-0.39, 0.29) is 11.7 Å². The van der Waals surface area contributed by atoms with Gasteiger partial charge in [0.05, 0.1) is 11.7 Å². The van der Waals surface area contributed by atoms with E-state index in [1.54, 1.807) is 0 Å². The molecule has 0 saturated carbocycles. The third-order valence-electron chi connectivity index (χ3n) is 5.51. The number of Topliss-reactive ketones (excluding diaryl/α,β-unsaturated/α-hetero) is 1. The van der Waals surface area contributed by atoms with Crippen molar-refractivity contribution in [3.8, 4) is 11.4 Å². The van der Waals surface area contributed by atoms with Crippen molar-refractivity contribution in [3.05, 3.63) is 70.0 Å². The number of aromatic nitrogens is 3. The molecule has 0 unspecified atom stereocenters. The summed E-state index contributed by atoms with van der Waals surface area (Å²) in [5.41, 5.74) is 1.68. The maximum absolute atomic E-state index is 12.7. The molecule has 1 saturated heterocycles. The van der Waals surface area contributed by atoms with Crippen LogP contribution in [0.5, 0.6) is 0 Å². The van der Waals surface area contributed by atoms with Crippen LogP contribution in [0.15, 0.2) is 54.6 Å². The Kier molecular flexibility index (Phi) is 5.94. The summed E-state index contributed by atoms with van der Waals surface area (Å²) in [6, 6.07) is 17.2. The van der Waals surface area contributed by atoms with E-state index in [9.17, 15) is 4.79 Å². The van der Waals surface area contributed by atoms with Crippen molar-refractivity contribution in [1.29, 1.82) is 0 Å². The van der Waals surface area contributed by atoms with Crippen molar-refractivity contribution in [2.75, 3.05) is 13.1 Å². The fourth-order valence-corrected chi connectivity index (χ4v) is 4.23. The number of nitrogens with zero attached hydrogens (tertiary/aromatic N) is 4. The Bertz CT molecular complexity index is 1070. The average molecular weight is 427 g/mol. The molecule has 0 spiro atoms. The van der Waals surface area contributed by atoms with Gasteiger partial charge in [0.15, 0.2) is 16.4 Å². The van der Waals surface area contributed by atoms with Crippen LogP contribution in [0.2, 0.25) is 5.02 Å². The molecule has 1 aliphatic rings. The summed E-state index contributed by atoms with van der Waals surface area (Å²) in [6.45, 7) is 2.31. The first-order chi connectivity index (χ1) is 14.0. The van der Waals surface area contributed by atoms with Crippen molar-refractivity contribution in [2.24, 2.45) is 13.0 Å². The third-order valence-corrected chi connectivity index (χ3v) is 6.32. The molecule has 2 aromatic carbocycles. The molecule has 3 aromatic rings. The van der Waals surface area contributed by atoms with Crippen LogP contribution in [0.25, 0.3) is 11.4 Å². The lowest BCUT2D eigenvalue weighted by atomic mass is 9.89. The molecule has 0 radical (unpaired) electrons. The van der Waals surface area contributed by atoms with E-state index in [1.807, 2.05) is 70.9 Å². The van der Waals surface area contributed by atoms with Crippen LogP contribution in [-0.4, -0.2) is 38.1 Å². The molecule has 0 bridgehead atoms. The van der Waals surface area contributed by atoms with Crippen LogP contribution < -0.4 is 0 Å². The summed E-state index contributed by atoms with van der Waals surface area (Å²) < 4.78 is 4.39. The molecule has 5 nitrogen and oxygen atoms in total. The minimum atomic E-state index is 0.0871. The van der Waals surface area contributed by atoms with Crippen LogP contribution in [0, 0.1) is 10.7 Å². The van der Waals surface area contributed by atoms with Gasteiger partial charge in [-0.05, 0) is 37.2 Å². The molecule has 7 heteroatoms. The first kappa shape index (κ1) is 20.0. The van der Waals surface area contributed by atoms with Crippen molar-refractivity contribution in [1.82, 2.24) is 19.2 Å². The van der Waals surface area contributed by atoms with Gasteiger partial charge in [0, 0.05) is 37.2 Å². The molecule has 1 fully saturated rings. The smallest absolute Gasteiger partial charge is 0.199 e. The van der Waals surface area contributed by atoms with E-state index in [0.29, 0.717) is 16.5 Å². The summed E-state index contributed by atoms with van der Waals surface area (Å²) in [5, 5.41) is 5.37. The van der Waals surface area contributed by atoms with Gasteiger partial charge in [-0.1, -0.05) is 54.1 Å². The van der Waals surface area contributed by atoms with E-state index >= 15 is 0 Å². The lowest BCUT2D eigenvalue weighted by Crippen LogP contribution is -2.37. The van der Waals surface area contributed by atoms with E-state index in [0.717, 1.165) is 42.9 Å². The van der Waals surface area contributed by atoms with Crippen LogP contribution >= 0.6 is 23.8 Å². The maximum Gasteiger partial charge on any atom is 0.199 e. The van der Waals surface area contributed by atoms with Crippen molar-refractivity contribution < 1.29 is 4.79 Å². The van der Waals surface area contributed by atoms with Gasteiger partial charge in [0.25, 0.3) is 0 Å². The van der Waals surface area contributed by atoms with Gasteiger partial charge in [-0.2, -0.15) is 5.10 Å². The zero-order valence-corrected chi connectivity index (χ0v) is 17.9. The minimum absolute atomic E-state index is 0.0871. The lowest BCUT2D eigenvalue weighted by molar-refractivity contribution is 0.0803. The second-order valence-electron chi connectivity index (χ2n) is 7.41. The molecule has 29 heavy (non-hydrogen) atoms. The molecule has 150 valence electrons. The van der Waals surface area contributed by atoms with E-state index in [4.69, 9.17) is 28.9 Å². The fraction of sp³-hybridized carbons (Fsp3) is 0.318. The second kappa shape index (κ2) is 8.61. The molecule has 0 atom stereocenters. The van der Waals surface area contributed by atoms with Gasteiger partial charge in [-0.25, -0.2) is 4.68 Å². The lowest BCUT2D eigenvalue weighted by Gasteiger charge is -2.30. The summed E-state index contributed by atoms with van der Waals surface area (Å²) in [5.74, 6) is 1.10. The molecule has 0 N–H and O–H groups in total. The first-order valence-corrected chi connectivity index (χ1v) is 10.5. The molecule has 2 heterocycles. The number of piperidine rings is 1. The highest BCUT2D eigenvalue weighted by atomic mass is 35.5. The van der Waals surface area contributed by atoms with Crippen LogP contribution in [0.4, 0.5) is 0 Å². The predicted octanol–water partition coefficient (Wildman–Crippen LogP) is 4.82. The van der Waals surface area contributed by atoms with E-state index in [1.165, 1.54) is 0 Å². The Hall–Kier alpha value is -2.28. The Morgan fingerprint density at radius 1 is 1.10 bits per heavy atom. The van der Waals surface area contributed by atoms with Crippen molar-refractivity contribution >= 4 is 29.6 Å². The fourth-order valence-electron chi connectivity index (χ4n) is 3.82. The quantitative estimate of drug-likeness (QED) is 0.433. The highest BCUT2D eigenvalue weighted by Crippen LogP contribution is 2.27. The summed E-state index contributed by atoms with van der Waals surface area (Å²) >= 11 is 11.9. The Morgan fingerprint density at radius 2 is 1.76 bits per heavy atom. The van der Waals surface area contributed by atoms with Gasteiger partial charge in [0.2, 0.25) is 0 Å². The van der Waals surface area contributed by atoms with Gasteiger partial charge >= 0.3 is 0 Å². The monoisotopic (exact) mass is 426 g/mol.